The van der Waals surface area contributed by atoms with E-state index < -0.39 is 0 Å². The number of rotatable bonds is 5. The van der Waals surface area contributed by atoms with Crippen molar-refractivity contribution in [2.45, 2.75) is 25.8 Å². The van der Waals surface area contributed by atoms with Gasteiger partial charge in [0, 0.05) is 11.7 Å². The zero-order valence-corrected chi connectivity index (χ0v) is 9.57. The largest absolute Gasteiger partial charge is 0.335 e. The van der Waals surface area contributed by atoms with Gasteiger partial charge in [0.25, 0.3) is 0 Å². The summed E-state index contributed by atoms with van der Waals surface area (Å²) < 4.78 is 0. The van der Waals surface area contributed by atoms with E-state index in [-0.39, 0.29) is 12.1 Å². The summed E-state index contributed by atoms with van der Waals surface area (Å²) in [7, 11) is 0. The number of carbonyl (C=O) groups is 1. The van der Waals surface area contributed by atoms with Crippen LogP contribution in [-0.2, 0) is 0 Å². The van der Waals surface area contributed by atoms with Crippen LogP contribution >= 0.6 is 0 Å². The van der Waals surface area contributed by atoms with Crippen LogP contribution in [0.1, 0.15) is 19.8 Å². The third kappa shape index (κ3) is 4.79. The van der Waals surface area contributed by atoms with Gasteiger partial charge in [0.15, 0.2) is 0 Å². The van der Waals surface area contributed by atoms with E-state index in [2.05, 4.69) is 10.6 Å². The predicted octanol–water partition coefficient (Wildman–Crippen LogP) is 1.94. The molecule has 1 rings (SSSR count). The normalized spacial score (nSPS) is 11.9. The molecule has 1 atom stereocenters. The lowest BCUT2D eigenvalue weighted by molar-refractivity contribution is 0.248. The summed E-state index contributed by atoms with van der Waals surface area (Å²) in [6.45, 7) is 2.63. The third-order valence-corrected chi connectivity index (χ3v) is 2.25. The Balaban J connectivity index is 2.31. The minimum absolute atomic E-state index is 0.146. The zero-order chi connectivity index (χ0) is 11.8. The molecule has 16 heavy (non-hydrogen) atoms. The predicted molar refractivity (Wildman–Crippen MR) is 66.3 cm³/mol. The summed E-state index contributed by atoms with van der Waals surface area (Å²) in [4.78, 5) is 11.5. The molecule has 0 bridgehead atoms. The molecule has 1 aromatic carbocycles. The third-order valence-electron chi connectivity index (χ3n) is 2.25. The van der Waals surface area contributed by atoms with Gasteiger partial charge in [0.05, 0.1) is 0 Å². The second-order valence-corrected chi connectivity index (χ2v) is 3.80. The molecule has 4 heteroatoms. The number of amides is 2. The molecular weight excluding hydrogens is 202 g/mol. The molecule has 0 saturated carbocycles. The van der Waals surface area contributed by atoms with Crippen LogP contribution in [0.5, 0.6) is 0 Å². The van der Waals surface area contributed by atoms with E-state index in [9.17, 15) is 4.79 Å². The Morgan fingerprint density at radius 3 is 2.69 bits per heavy atom. The fourth-order valence-electron chi connectivity index (χ4n) is 1.41. The summed E-state index contributed by atoms with van der Waals surface area (Å²) >= 11 is 0. The number of hydrogen-bond acceptors (Lipinski definition) is 2. The molecule has 0 radical (unpaired) electrons. The average Bonchev–Trinajstić information content (AvgIpc) is 2.27. The number of benzene rings is 1. The van der Waals surface area contributed by atoms with Gasteiger partial charge < -0.3 is 16.4 Å². The van der Waals surface area contributed by atoms with Gasteiger partial charge in [-0.1, -0.05) is 18.2 Å². The van der Waals surface area contributed by atoms with Crippen molar-refractivity contribution >= 4 is 11.7 Å². The highest BCUT2D eigenvalue weighted by molar-refractivity contribution is 5.89. The molecule has 0 aromatic heterocycles. The Kier molecular flexibility index (Phi) is 5.36. The number of anilines is 1. The van der Waals surface area contributed by atoms with Gasteiger partial charge in [-0.15, -0.1) is 0 Å². The minimum Gasteiger partial charge on any atom is -0.335 e. The van der Waals surface area contributed by atoms with E-state index >= 15 is 0 Å². The van der Waals surface area contributed by atoms with Crippen molar-refractivity contribution in [1.82, 2.24) is 5.32 Å². The second kappa shape index (κ2) is 6.85. The summed E-state index contributed by atoms with van der Waals surface area (Å²) in [5.41, 5.74) is 6.20. The quantitative estimate of drug-likeness (QED) is 0.711. The highest BCUT2D eigenvalue weighted by Crippen LogP contribution is 2.04. The maximum absolute atomic E-state index is 11.5. The van der Waals surface area contributed by atoms with Crippen LogP contribution in [0.25, 0.3) is 0 Å². The van der Waals surface area contributed by atoms with Gasteiger partial charge in [-0.3, -0.25) is 0 Å². The maximum atomic E-state index is 11.5. The van der Waals surface area contributed by atoms with Crippen LogP contribution in [0.4, 0.5) is 10.5 Å². The van der Waals surface area contributed by atoms with E-state index in [0.717, 1.165) is 18.5 Å². The Hall–Kier alpha value is -1.55. The molecule has 0 spiro atoms. The van der Waals surface area contributed by atoms with E-state index in [1.54, 1.807) is 0 Å². The van der Waals surface area contributed by atoms with Crippen LogP contribution in [0.2, 0.25) is 0 Å². The highest BCUT2D eigenvalue weighted by atomic mass is 16.2. The summed E-state index contributed by atoms with van der Waals surface area (Å²) in [6, 6.07) is 9.35. The molecule has 88 valence electrons. The first-order chi connectivity index (χ1) is 7.72. The second-order valence-electron chi connectivity index (χ2n) is 3.80. The standard InChI is InChI=1S/C12H19N3O/c1-10(6-5-9-13)14-12(16)15-11-7-3-2-4-8-11/h2-4,7-8,10H,5-6,9,13H2,1H3,(H2,14,15,16). The fourth-order valence-corrected chi connectivity index (χ4v) is 1.41. The molecular formula is C12H19N3O. The van der Waals surface area contributed by atoms with Gasteiger partial charge in [0.1, 0.15) is 0 Å². The molecule has 0 aliphatic rings. The summed E-state index contributed by atoms with van der Waals surface area (Å²) in [6.07, 6.45) is 1.82. The number of hydrogen-bond donors (Lipinski definition) is 3. The maximum Gasteiger partial charge on any atom is 0.319 e. The van der Waals surface area contributed by atoms with Crippen molar-refractivity contribution in [3.05, 3.63) is 30.3 Å². The summed E-state index contributed by atoms with van der Waals surface area (Å²) in [5.74, 6) is 0. The molecule has 1 aromatic rings. The Morgan fingerprint density at radius 2 is 2.06 bits per heavy atom. The van der Waals surface area contributed by atoms with Crippen LogP contribution in [0, 0.1) is 0 Å². The molecule has 4 N–H and O–H groups in total. The Bertz CT molecular complexity index is 313. The van der Waals surface area contributed by atoms with Crippen molar-refractivity contribution in [1.29, 1.82) is 0 Å². The Labute approximate surface area is 96.2 Å². The topological polar surface area (TPSA) is 67.1 Å². The SMILES string of the molecule is CC(CCCN)NC(=O)Nc1ccccc1. The molecule has 0 fully saturated rings. The Morgan fingerprint density at radius 1 is 1.38 bits per heavy atom. The number of para-hydroxylation sites is 1. The molecule has 0 aliphatic carbocycles. The molecule has 2 amide bonds. The van der Waals surface area contributed by atoms with Gasteiger partial charge >= 0.3 is 6.03 Å². The number of nitrogens with one attached hydrogen (secondary N) is 2. The van der Waals surface area contributed by atoms with Crippen LogP contribution in [0.3, 0.4) is 0 Å². The monoisotopic (exact) mass is 221 g/mol. The smallest absolute Gasteiger partial charge is 0.319 e. The first-order valence-corrected chi connectivity index (χ1v) is 5.55. The van der Waals surface area contributed by atoms with Gasteiger partial charge in [-0.2, -0.15) is 0 Å². The van der Waals surface area contributed by atoms with Crippen molar-refractivity contribution in [2.75, 3.05) is 11.9 Å². The van der Waals surface area contributed by atoms with E-state index in [1.165, 1.54) is 0 Å². The van der Waals surface area contributed by atoms with Crippen LogP contribution in [0.15, 0.2) is 30.3 Å². The molecule has 0 aliphatic heterocycles. The van der Waals surface area contributed by atoms with E-state index in [0.29, 0.717) is 6.54 Å². The van der Waals surface area contributed by atoms with E-state index in [1.807, 2.05) is 37.3 Å². The number of urea groups is 1. The number of nitrogens with two attached hydrogens (primary N) is 1. The van der Waals surface area contributed by atoms with Crippen molar-refractivity contribution in [3.8, 4) is 0 Å². The van der Waals surface area contributed by atoms with Gasteiger partial charge in [-0.25, -0.2) is 4.79 Å². The van der Waals surface area contributed by atoms with Crippen molar-refractivity contribution in [3.63, 3.8) is 0 Å². The van der Waals surface area contributed by atoms with E-state index in [4.69, 9.17) is 5.73 Å². The lowest BCUT2D eigenvalue weighted by Gasteiger charge is -2.14. The number of carbonyl (C=O) groups excluding carboxylic acids is 1. The molecule has 0 saturated heterocycles. The van der Waals surface area contributed by atoms with Gasteiger partial charge in [-0.05, 0) is 38.4 Å². The summed E-state index contributed by atoms with van der Waals surface area (Å²) in [5, 5.41) is 5.63. The van der Waals surface area contributed by atoms with Crippen LogP contribution in [-0.4, -0.2) is 18.6 Å². The van der Waals surface area contributed by atoms with Crippen molar-refractivity contribution in [2.24, 2.45) is 5.73 Å². The lowest BCUT2D eigenvalue weighted by Crippen LogP contribution is -2.36. The van der Waals surface area contributed by atoms with Gasteiger partial charge in [0.2, 0.25) is 0 Å². The first-order valence-electron chi connectivity index (χ1n) is 5.55. The lowest BCUT2D eigenvalue weighted by atomic mass is 10.2. The minimum atomic E-state index is -0.171. The molecule has 1 unspecified atom stereocenters. The zero-order valence-electron chi connectivity index (χ0n) is 9.57. The average molecular weight is 221 g/mol. The molecule has 4 nitrogen and oxygen atoms in total. The first kappa shape index (κ1) is 12.5. The van der Waals surface area contributed by atoms with Crippen molar-refractivity contribution < 1.29 is 4.79 Å². The fraction of sp³-hybridized carbons (Fsp3) is 0.417. The highest BCUT2D eigenvalue weighted by Gasteiger charge is 2.06. The van der Waals surface area contributed by atoms with Crippen LogP contribution < -0.4 is 16.4 Å². The molecule has 0 heterocycles.